The summed E-state index contributed by atoms with van der Waals surface area (Å²) >= 11 is 0. The fourth-order valence-electron chi connectivity index (χ4n) is 2.89. The van der Waals surface area contributed by atoms with Gasteiger partial charge in [0.25, 0.3) is 11.8 Å². The molecule has 2 heterocycles. The first-order chi connectivity index (χ1) is 11.6. The number of benzene rings is 1. The lowest BCUT2D eigenvalue weighted by atomic mass is 10.0. The number of nitrogens with zero attached hydrogens (tertiary/aromatic N) is 4. The van der Waals surface area contributed by atoms with Crippen molar-refractivity contribution in [2.45, 2.75) is 32.4 Å². The lowest BCUT2D eigenvalue weighted by Gasteiger charge is -2.37. The second kappa shape index (κ2) is 6.81. The van der Waals surface area contributed by atoms with Gasteiger partial charge in [-0.15, -0.1) is 0 Å². The zero-order valence-corrected chi connectivity index (χ0v) is 13.6. The highest BCUT2D eigenvalue weighted by molar-refractivity contribution is 5.94. The maximum atomic E-state index is 13.0. The van der Waals surface area contributed by atoms with Crippen molar-refractivity contribution in [1.29, 1.82) is 5.26 Å². The monoisotopic (exact) mass is 326 g/mol. The van der Waals surface area contributed by atoms with Crippen molar-refractivity contribution in [1.82, 2.24) is 15.0 Å². The van der Waals surface area contributed by atoms with E-state index in [0.717, 1.165) is 5.56 Å². The lowest BCUT2D eigenvalue weighted by molar-refractivity contribution is -0.0600. The van der Waals surface area contributed by atoms with Gasteiger partial charge in [0, 0.05) is 12.1 Å². The summed E-state index contributed by atoms with van der Waals surface area (Å²) in [5.41, 5.74) is 1.35. The van der Waals surface area contributed by atoms with Gasteiger partial charge in [-0.1, -0.05) is 17.3 Å². The Morgan fingerprint density at radius 1 is 1.50 bits per heavy atom. The Morgan fingerprint density at radius 3 is 3.04 bits per heavy atom. The molecule has 0 aliphatic carbocycles. The first-order valence-corrected chi connectivity index (χ1v) is 7.79. The van der Waals surface area contributed by atoms with Gasteiger partial charge in [0.15, 0.2) is 5.82 Å². The van der Waals surface area contributed by atoms with E-state index in [4.69, 9.17) is 14.5 Å². The van der Waals surface area contributed by atoms with E-state index < -0.39 is 6.04 Å². The molecule has 1 aliphatic heterocycles. The highest BCUT2D eigenvalue weighted by Gasteiger charge is 2.38. The van der Waals surface area contributed by atoms with Crippen LogP contribution in [0.2, 0.25) is 0 Å². The molecule has 1 aromatic carbocycles. The lowest BCUT2D eigenvalue weighted by Crippen LogP contribution is -2.47. The normalized spacial score (nSPS) is 20.6. The number of morpholine rings is 1. The van der Waals surface area contributed by atoms with Crippen LogP contribution in [0.4, 0.5) is 0 Å². The number of hydrogen-bond donors (Lipinski definition) is 0. The Labute approximate surface area is 139 Å². The summed E-state index contributed by atoms with van der Waals surface area (Å²) in [5, 5.41) is 12.7. The number of ether oxygens (including phenoxy) is 1. The number of hydrogen-bond acceptors (Lipinski definition) is 6. The minimum absolute atomic E-state index is 0.134. The van der Waals surface area contributed by atoms with E-state index in [0.29, 0.717) is 30.4 Å². The van der Waals surface area contributed by atoms with Crippen LogP contribution < -0.4 is 0 Å². The average molecular weight is 326 g/mol. The van der Waals surface area contributed by atoms with Gasteiger partial charge >= 0.3 is 0 Å². The van der Waals surface area contributed by atoms with Crippen LogP contribution >= 0.6 is 0 Å². The molecule has 0 spiro atoms. The molecule has 2 atom stereocenters. The van der Waals surface area contributed by atoms with Crippen LogP contribution in [-0.2, 0) is 11.2 Å². The molecule has 124 valence electrons. The summed E-state index contributed by atoms with van der Waals surface area (Å²) in [6, 6.07) is 8.79. The highest BCUT2D eigenvalue weighted by Crippen LogP contribution is 2.30. The second-order valence-electron chi connectivity index (χ2n) is 5.73. The van der Waals surface area contributed by atoms with Crippen LogP contribution in [0.15, 0.2) is 28.8 Å². The third kappa shape index (κ3) is 3.14. The standard InChI is InChI=1S/C17H18N4O3/c1-11-15(16-19-12(2)20-24-16)21(8-9-23-11)17(22)14-5-3-4-13(10-14)6-7-18/h3-5,10-11,15H,6,8-9H2,1-2H3/t11-,15+/m1/s1. The fourth-order valence-corrected chi connectivity index (χ4v) is 2.89. The Morgan fingerprint density at radius 2 is 2.33 bits per heavy atom. The zero-order chi connectivity index (χ0) is 17.1. The summed E-state index contributed by atoms with van der Waals surface area (Å²) in [5.74, 6) is 0.762. The molecule has 1 aromatic heterocycles. The summed E-state index contributed by atoms with van der Waals surface area (Å²) in [6.45, 7) is 4.51. The third-order valence-corrected chi connectivity index (χ3v) is 4.01. The average Bonchev–Trinajstić information content (AvgIpc) is 3.00. The smallest absolute Gasteiger partial charge is 0.254 e. The Balaban J connectivity index is 1.91. The summed E-state index contributed by atoms with van der Waals surface area (Å²) < 4.78 is 10.9. The van der Waals surface area contributed by atoms with Gasteiger partial charge < -0.3 is 14.2 Å². The molecule has 7 nitrogen and oxygen atoms in total. The predicted octanol–water partition coefficient (Wildman–Crippen LogP) is 2.05. The van der Waals surface area contributed by atoms with Gasteiger partial charge in [0.2, 0.25) is 0 Å². The molecule has 1 aliphatic rings. The number of aryl methyl sites for hydroxylation is 1. The van der Waals surface area contributed by atoms with E-state index in [2.05, 4.69) is 16.2 Å². The van der Waals surface area contributed by atoms with E-state index >= 15 is 0 Å². The highest BCUT2D eigenvalue weighted by atomic mass is 16.5. The van der Waals surface area contributed by atoms with E-state index in [9.17, 15) is 4.79 Å². The quantitative estimate of drug-likeness (QED) is 0.857. The molecule has 1 saturated heterocycles. The number of carbonyl (C=O) groups is 1. The Hall–Kier alpha value is -2.72. The number of nitriles is 1. The van der Waals surface area contributed by atoms with Crippen molar-refractivity contribution >= 4 is 5.91 Å². The van der Waals surface area contributed by atoms with Crippen molar-refractivity contribution in [3.8, 4) is 6.07 Å². The molecule has 0 N–H and O–H groups in total. The predicted molar refractivity (Wildman–Crippen MR) is 84.0 cm³/mol. The van der Waals surface area contributed by atoms with Crippen LogP contribution in [0.1, 0.15) is 40.6 Å². The maximum Gasteiger partial charge on any atom is 0.254 e. The molecule has 1 amide bonds. The van der Waals surface area contributed by atoms with Crippen LogP contribution in [0.3, 0.4) is 0 Å². The van der Waals surface area contributed by atoms with Crippen molar-refractivity contribution in [3.05, 3.63) is 47.1 Å². The van der Waals surface area contributed by atoms with Gasteiger partial charge in [-0.05, 0) is 31.5 Å². The molecule has 0 radical (unpaired) electrons. The minimum atomic E-state index is -0.424. The number of aromatic nitrogens is 2. The number of carbonyl (C=O) groups excluding carboxylic acids is 1. The first kappa shape index (κ1) is 16.1. The van der Waals surface area contributed by atoms with Crippen LogP contribution in [0.5, 0.6) is 0 Å². The second-order valence-corrected chi connectivity index (χ2v) is 5.73. The Kier molecular flexibility index (Phi) is 4.58. The minimum Gasteiger partial charge on any atom is -0.374 e. The van der Waals surface area contributed by atoms with Crippen molar-refractivity contribution in [3.63, 3.8) is 0 Å². The largest absolute Gasteiger partial charge is 0.374 e. The van der Waals surface area contributed by atoms with Crippen molar-refractivity contribution < 1.29 is 14.1 Å². The van der Waals surface area contributed by atoms with Gasteiger partial charge in [0.05, 0.1) is 25.2 Å². The van der Waals surface area contributed by atoms with Gasteiger partial charge in [-0.25, -0.2) is 0 Å². The maximum absolute atomic E-state index is 13.0. The summed E-state index contributed by atoms with van der Waals surface area (Å²) in [6.07, 6.45) is 0.0252. The summed E-state index contributed by atoms with van der Waals surface area (Å²) in [4.78, 5) is 19.0. The Bertz CT molecular complexity index is 780. The van der Waals surface area contributed by atoms with E-state index in [1.807, 2.05) is 13.0 Å². The molecule has 7 heteroatoms. The van der Waals surface area contributed by atoms with Gasteiger partial charge in [-0.2, -0.15) is 10.2 Å². The molecule has 0 unspecified atom stereocenters. The van der Waals surface area contributed by atoms with Crippen LogP contribution in [-0.4, -0.2) is 40.2 Å². The third-order valence-electron chi connectivity index (χ3n) is 4.01. The fraction of sp³-hybridized carbons (Fsp3) is 0.412. The van der Waals surface area contributed by atoms with Crippen molar-refractivity contribution in [2.75, 3.05) is 13.2 Å². The molecular weight excluding hydrogens is 308 g/mol. The SMILES string of the molecule is Cc1noc([C@@H]2[C@@H](C)OCCN2C(=O)c2cccc(CC#N)c2)n1. The zero-order valence-electron chi connectivity index (χ0n) is 13.6. The van der Waals surface area contributed by atoms with E-state index in [1.165, 1.54) is 0 Å². The first-order valence-electron chi connectivity index (χ1n) is 7.79. The van der Waals surface area contributed by atoms with Crippen LogP contribution in [0, 0.1) is 18.3 Å². The molecule has 0 bridgehead atoms. The molecule has 24 heavy (non-hydrogen) atoms. The molecule has 0 saturated carbocycles. The molecule has 2 aromatic rings. The molecular formula is C17H18N4O3. The topological polar surface area (TPSA) is 92.3 Å². The number of rotatable bonds is 3. The van der Waals surface area contributed by atoms with Gasteiger partial charge in [0.1, 0.15) is 6.04 Å². The van der Waals surface area contributed by atoms with E-state index in [1.54, 1.807) is 30.0 Å². The number of amides is 1. The van der Waals surface area contributed by atoms with Crippen molar-refractivity contribution in [2.24, 2.45) is 0 Å². The van der Waals surface area contributed by atoms with Crippen LogP contribution in [0.25, 0.3) is 0 Å². The summed E-state index contributed by atoms with van der Waals surface area (Å²) in [7, 11) is 0. The molecule has 3 rings (SSSR count). The van der Waals surface area contributed by atoms with E-state index in [-0.39, 0.29) is 18.4 Å². The van der Waals surface area contributed by atoms with Gasteiger partial charge in [-0.3, -0.25) is 4.79 Å². The molecule has 1 fully saturated rings.